The van der Waals surface area contributed by atoms with Gasteiger partial charge in [-0.2, -0.15) is 13.2 Å². The Morgan fingerprint density at radius 3 is 1.42 bits per heavy atom. The second-order valence-corrected chi connectivity index (χ2v) is 15.8. The maximum Gasteiger partial charge on any atom is 0.416 e. The highest BCUT2D eigenvalue weighted by molar-refractivity contribution is 9.10. The largest absolute Gasteiger partial charge is 0.465 e. The van der Waals surface area contributed by atoms with Crippen LogP contribution in [-0.4, -0.2) is 68.6 Å². The number of esters is 3. The monoisotopic (exact) mass is 909 g/mol. The van der Waals surface area contributed by atoms with Gasteiger partial charge in [0.1, 0.15) is 0 Å². The van der Waals surface area contributed by atoms with Crippen LogP contribution in [-0.2, 0) is 40.4 Å². The molecule has 0 unspecified atom stereocenters. The summed E-state index contributed by atoms with van der Waals surface area (Å²) in [5, 5.41) is 0. The Morgan fingerprint density at radius 1 is 0.604 bits per heavy atom. The molecule has 0 bridgehead atoms. The summed E-state index contributed by atoms with van der Waals surface area (Å²) >= 11 is 6.42. The van der Waals surface area contributed by atoms with Gasteiger partial charge in [-0.05, 0) is 71.8 Å². The maximum absolute atomic E-state index is 12.6. The number of ether oxygens (including phenoxy) is 3. The van der Waals surface area contributed by atoms with Crippen molar-refractivity contribution in [2.75, 3.05) is 49.0 Å². The molecule has 4 N–H and O–H groups in total. The summed E-state index contributed by atoms with van der Waals surface area (Å²) in [5.41, 5.74) is 6.74. The second-order valence-electron chi connectivity index (χ2n) is 10.5. The number of nitrogens with one attached hydrogen (secondary N) is 2. The number of carbonyl (C=O) groups excluding carboxylic acids is 3. The normalized spacial score (nSPS) is 11.1. The minimum Gasteiger partial charge on any atom is -0.465 e. The third-order valence-corrected chi connectivity index (χ3v) is 8.54. The van der Waals surface area contributed by atoms with Crippen molar-refractivity contribution in [2.24, 2.45) is 0 Å². The van der Waals surface area contributed by atoms with E-state index >= 15 is 0 Å². The summed E-state index contributed by atoms with van der Waals surface area (Å²) in [7, 11) is -3.36. The van der Waals surface area contributed by atoms with Crippen molar-refractivity contribution in [1.29, 1.82) is 0 Å². The van der Waals surface area contributed by atoms with Gasteiger partial charge >= 0.3 is 24.1 Å². The third kappa shape index (κ3) is 14.4. The quantitative estimate of drug-likeness (QED) is 0.0940. The van der Waals surface area contributed by atoms with Crippen LogP contribution in [0.15, 0.2) is 87.8 Å². The Balaban J connectivity index is 0.000000298. The summed E-state index contributed by atoms with van der Waals surface area (Å²) in [4.78, 5) is 34.3. The molecule has 0 heterocycles. The van der Waals surface area contributed by atoms with Crippen LogP contribution in [0.3, 0.4) is 0 Å². The first-order valence-electron chi connectivity index (χ1n) is 14.4. The van der Waals surface area contributed by atoms with Gasteiger partial charge in [0.05, 0.1) is 67.5 Å². The standard InChI is InChI=1S/C16H14F3NO4S.C9H10BrNO4S.C8H8BrNO2/c1-24-15(21)13-9-11(5-8-14(13)20-25(2,22)23)10-3-6-12(7-4-10)16(17,18)19;1-15-9(12)7-5-6(10)3-4-8(7)11-16(2,13)14;1-12-8(11)6-4-5(9)2-3-7(6)10/h3-9,20H,1-2H3;3-5,11H,1-2H3;2-4H,10H2,1H3. The van der Waals surface area contributed by atoms with Crippen LogP contribution in [0, 0.1) is 0 Å². The Morgan fingerprint density at radius 2 is 0.981 bits per heavy atom. The lowest BCUT2D eigenvalue weighted by Gasteiger charge is -2.12. The number of hydrogen-bond donors (Lipinski definition) is 3. The van der Waals surface area contributed by atoms with Crippen LogP contribution >= 0.6 is 31.9 Å². The highest BCUT2D eigenvalue weighted by atomic mass is 79.9. The molecule has 0 radical (unpaired) electrons. The minimum atomic E-state index is -4.45. The second kappa shape index (κ2) is 18.9. The van der Waals surface area contributed by atoms with Gasteiger partial charge in [-0.15, -0.1) is 0 Å². The predicted molar refractivity (Wildman–Crippen MR) is 201 cm³/mol. The van der Waals surface area contributed by atoms with Gasteiger partial charge in [-0.1, -0.05) is 50.1 Å². The number of nitrogen functional groups attached to an aromatic ring is 1. The summed E-state index contributed by atoms with van der Waals surface area (Å²) in [6.45, 7) is 0. The molecule has 4 rings (SSSR count). The van der Waals surface area contributed by atoms with E-state index in [1.54, 1.807) is 24.3 Å². The molecule has 13 nitrogen and oxygen atoms in total. The lowest BCUT2D eigenvalue weighted by Crippen LogP contribution is -2.14. The molecule has 0 saturated heterocycles. The van der Waals surface area contributed by atoms with E-state index in [0.717, 1.165) is 36.2 Å². The zero-order valence-electron chi connectivity index (χ0n) is 28.4. The van der Waals surface area contributed by atoms with Crippen LogP contribution in [0.2, 0.25) is 0 Å². The van der Waals surface area contributed by atoms with E-state index in [1.165, 1.54) is 56.7 Å². The number of carbonyl (C=O) groups is 3. The molecule has 0 aliphatic heterocycles. The van der Waals surface area contributed by atoms with E-state index in [0.29, 0.717) is 26.9 Å². The van der Waals surface area contributed by atoms with Crippen LogP contribution in [0.5, 0.6) is 0 Å². The molecule has 0 aliphatic carbocycles. The fourth-order valence-electron chi connectivity index (χ4n) is 4.04. The Bertz CT molecular complexity index is 2190. The van der Waals surface area contributed by atoms with Crippen molar-refractivity contribution < 1.29 is 58.6 Å². The number of methoxy groups -OCH3 is 3. The van der Waals surface area contributed by atoms with Crippen molar-refractivity contribution in [1.82, 2.24) is 0 Å². The van der Waals surface area contributed by atoms with Gasteiger partial charge in [0.25, 0.3) is 0 Å². The van der Waals surface area contributed by atoms with Crippen molar-refractivity contribution in [3.05, 3.63) is 110 Å². The number of benzene rings is 4. The number of rotatable bonds is 8. The lowest BCUT2D eigenvalue weighted by molar-refractivity contribution is -0.137. The number of sulfonamides is 2. The molecule has 53 heavy (non-hydrogen) atoms. The first-order chi connectivity index (χ1) is 24.5. The molecular formula is C33H32Br2F3N3O10S2. The van der Waals surface area contributed by atoms with Crippen LogP contribution in [0.1, 0.15) is 36.6 Å². The zero-order chi connectivity index (χ0) is 40.3. The predicted octanol–water partition coefficient (Wildman–Crippen LogP) is 6.96. The molecule has 0 amide bonds. The molecule has 0 atom stereocenters. The number of anilines is 3. The van der Waals surface area contributed by atoms with Gasteiger partial charge in [0.15, 0.2) is 0 Å². The molecule has 286 valence electrons. The minimum absolute atomic E-state index is 0.0185. The first kappa shape index (κ1) is 44.5. The Labute approximate surface area is 320 Å². The van der Waals surface area contributed by atoms with Gasteiger partial charge in [-0.25, -0.2) is 31.2 Å². The van der Waals surface area contributed by atoms with E-state index in [1.807, 2.05) is 0 Å². The molecule has 0 fully saturated rings. The number of halogens is 5. The molecule has 0 aliphatic rings. The van der Waals surface area contributed by atoms with Crippen molar-refractivity contribution in [3.63, 3.8) is 0 Å². The van der Waals surface area contributed by atoms with Crippen molar-refractivity contribution >= 4 is 86.9 Å². The topological polar surface area (TPSA) is 197 Å². The molecule has 0 saturated carbocycles. The zero-order valence-corrected chi connectivity index (χ0v) is 33.2. The lowest BCUT2D eigenvalue weighted by atomic mass is 10.0. The fraction of sp³-hybridized carbons (Fsp3) is 0.182. The van der Waals surface area contributed by atoms with E-state index in [2.05, 4.69) is 55.5 Å². The molecule has 4 aromatic carbocycles. The average Bonchev–Trinajstić information content (AvgIpc) is 3.08. The molecule has 4 aromatic rings. The van der Waals surface area contributed by atoms with Crippen LogP contribution in [0.4, 0.5) is 30.2 Å². The summed E-state index contributed by atoms with van der Waals surface area (Å²) < 4.78 is 102. The fourth-order valence-corrected chi connectivity index (χ4v) is 5.92. The molecule has 20 heteroatoms. The van der Waals surface area contributed by atoms with Gasteiger partial charge in [0, 0.05) is 14.6 Å². The summed E-state index contributed by atoms with van der Waals surface area (Å²) in [6.07, 6.45) is -2.51. The van der Waals surface area contributed by atoms with Crippen molar-refractivity contribution in [2.45, 2.75) is 6.18 Å². The van der Waals surface area contributed by atoms with Crippen LogP contribution in [0.25, 0.3) is 11.1 Å². The Kier molecular flexibility index (Phi) is 15.9. The summed E-state index contributed by atoms with van der Waals surface area (Å²) in [6, 6.07) is 18.2. The van der Waals surface area contributed by atoms with Crippen LogP contribution < -0.4 is 15.2 Å². The highest BCUT2D eigenvalue weighted by Crippen LogP contribution is 2.32. The third-order valence-electron chi connectivity index (χ3n) is 6.37. The molecular weight excluding hydrogens is 879 g/mol. The first-order valence-corrected chi connectivity index (χ1v) is 19.7. The smallest absolute Gasteiger partial charge is 0.416 e. The van der Waals surface area contributed by atoms with Gasteiger partial charge in [-0.3, -0.25) is 9.44 Å². The summed E-state index contributed by atoms with van der Waals surface area (Å²) in [5.74, 6) is -1.80. The molecule has 0 aromatic heterocycles. The van der Waals surface area contributed by atoms with E-state index in [-0.39, 0.29) is 22.5 Å². The van der Waals surface area contributed by atoms with E-state index < -0.39 is 49.7 Å². The van der Waals surface area contributed by atoms with E-state index in [4.69, 9.17) is 5.73 Å². The van der Waals surface area contributed by atoms with E-state index in [9.17, 15) is 44.4 Å². The van der Waals surface area contributed by atoms with Gasteiger partial charge in [0.2, 0.25) is 20.0 Å². The maximum atomic E-state index is 12.6. The highest BCUT2D eigenvalue weighted by Gasteiger charge is 2.30. The SMILES string of the molecule is COC(=O)c1cc(-c2ccc(C(F)(F)F)cc2)ccc1NS(C)(=O)=O.COC(=O)c1cc(Br)ccc1N.COC(=O)c1cc(Br)ccc1NS(C)(=O)=O. The average molecular weight is 912 g/mol. The van der Waals surface area contributed by atoms with Crippen molar-refractivity contribution in [3.8, 4) is 11.1 Å². The number of alkyl halides is 3. The molecule has 0 spiro atoms. The van der Waals surface area contributed by atoms with Gasteiger partial charge < -0.3 is 19.9 Å². The number of hydrogen-bond acceptors (Lipinski definition) is 11. The number of nitrogens with two attached hydrogens (primary N) is 1. The Hall–Kier alpha value is -4.66.